The zero-order chi connectivity index (χ0) is 20.0. The number of methoxy groups -OCH3 is 1. The number of anilines is 1. The first kappa shape index (κ1) is 20.5. The third kappa shape index (κ3) is 6.44. The number of esters is 1. The maximum absolute atomic E-state index is 12.7. The number of rotatable bonds is 6. The highest BCUT2D eigenvalue weighted by Crippen LogP contribution is 2.30. The van der Waals surface area contributed by atoms with Crippen LogP contribution in [0.4, 0.5) is 18.9 Å². The number of H-pyrrole nitrogens is 1. The summed E-state index contributed by atoms with van der Waals surface area (Å²) in [7, 11) is 1.20. The molecule has 0 bridgehead atoms. The van der Waals surface area contributed by atoms with E-state index >= 15 is 0 Å². The molecule has 2 rings (SSSR count). The van der Waals surface area contributed by atoms with E-state index in [1.165, 1.54) is 19.2 Å². The fourth-order valence-corrected chi connectivity index (χ4v) is 2.66. The molecule has 2 N–H and O–H groups in total. The topological polar surface area (TPSA) is 101 Å². The normalized spacial score (nSPS) is 11.1. The molecule has 0 atom stereocenters. The van der Waals surface area contributed by atoms with Gasteiger partial charge in [0.15, 0.2) is 5.16 Å². The van der Waals surface area contributed by atoms with Crippen molar-refractivity contribution in [1.29, 1.82) is 0 Å². The number of alkyl halides is 3. The van der Waals surface area contributed by atoms with Crippen LogP contribution >= 0.6 is 11.8 Å². The Morgan fingerprint density at radius 2 is 2.04 bits per heavy atom. The summed E-state index contributed by atoms with van der Waals surface area (Å²) in [5, 5.41) is 2.44. The van der Waals surface area contributed by atoms with E-state index in [1.807, 2.05) is 0 Å². The van der Waals surface area contributed by atoms with Gasteiger partial charge in [0.25, 0.3) is 5.56 Å². The molecule has 7 nitrogen and oxygen atoms in total. The van der Waals surface area contributed by atoms with Crippen molar-refractivity contribution in [2.45, 2.75) is 17.8 Å². The number of ether oxygens (including phenoxy) is 1. The zero-order valence-electron chi connectivity index (χ0n) is 13.9. The SMILES string of the molecule is COC(=O)Cc1cc(=O)[nH]c(SCC(=O)Nc2cccc(C(F)(F)F)c2)n1. The smallest absolute Gasteiger partial charge is 0.416 e. The maximum Gasteiger partial charge on any atom is 0.416 e. The lowest BCUT2D eigenvalue weighted by atomic mass is 10.2. The summed E-state index contributed by atoms with van der Waals surface area (Å²) in [4.78, 5) is 41.2. The minimum atomic E-state index is -4.51. The van der Waals surface area contributed by atoms with Crippen molar-refractivity contribution < 1.29 is 27.5 Å². The highest BCUT2D eigenvalue weighted by Gasteiger charge is 2.30. The number of amides is 1. The summed E-state index contributed by atoms with van der Waals surface area (Å²) in [5.41, 5.74) is -1.22. The molecular weight excluding hydrogens is 387 g/mol. The predicted octanol–water partition coefficient (Wildman–Crippen LogP) is 2.23. The molecule has 0 unspecified atom stereocenters. The monoisotopic (exact) mass is 401 g/mol. The van der Waals surface area contributed by atoms with Crippen LogP contribution in [0.2, 0.25) is 0 Å². The van der Waals surface area contributed by atoms with Crippen LogP contribution in [0.1, 0.15) is 11.3 Å². The van der Waals surface area contributed by atoms with Crippen molar-refractivity contribution in [3.63, 3.8) is 0 Å². The minimum absolute atomic E-state index is 0.00341. The van der Waals surface area contributed by atoms with E-state index in [2.05, 4.69) is 20.0 Å². The molecule has 11 heteroatoms. The number of carbonyl (C=O) groups excluding carboxylic acids is 2. The Morgan fingerprint density at radius 1 is 1.30 bits per heavy atom. The summed E-state index contributed by atoms with van der Waals surface area (Å²) in [6.07, 6.45) is -4.72. The Bertz CT molecular complexity index is 899. The summed E-state index contributed by atoms with van der Waals surface area (Å²) in [6.45, 7) is 0. The Morgan fingerprint density at radius 3 is 2.70 bits per heavy atom. The number of nitrogens with one attached hydrogen (secondary N) is 2. The number of nitrogens with zero attached hydrogens (tertiary/aromatic N) is 1. The van der Waals surface area contributed by atoms with Crippen LogP contribution in [0, 0.1) is 0 Å². The van der Waals surface area contributed by atoms with Crippen molar-refractivity contribution in [3.05, 3.63) is 51.9 Å². The Kier molecular flexibility index (Phi) is 6.61. The van der Waals surface area contributed by atoms with E-state index in [0.717, 1.165) is 30.0 Å². The van der Waals surface area contributed by atoms with Crippen LogP contribution in [-0.4, -0.2) is 34.7 Å². The third-order valence-electron chi connectivity index (χ3n) is 3.14. The molecular formula is C16H14F3N3O4S. The number of benzene rings is 1. The second-order valence-corrected chi connectivity index (χ2v) is 6.17. The summed E-state index contributed by atoms with van der Waals surface area (Å²) in [6, 6.07) is 5.35. The van der Waals surface area contributed by atoms with Crippen molar-refractivity contribution in [2.75, 3.05) is 18.2 Å². The van der Waals surface area contributed by atoms with Gasteiger partial charge in [-0.1, -0.05) is 17.8 Å². The molecule has 2 aromatic rings. The van der Waals surface area contributed by atoms with Gasteiger partial charge in [-0.3, -0.25) is 14.4 Å². The lowest BCUT2D eigenvalue weighted by Gasteiger charge is -2.09. The van der Waals surface area contributed by atoms with Gasteiger partial charge >= 0.3 is 12.1 Å². The van der Waals surface area contributed by atoms with E-state index < -0.39 is 29.2 Å². The van der Waals surface area contributed by atoms with Crippen molar-refractivity contribution in [3.8, 4) is 0 Å². The molecule has 27 heavy (non-hydrogen) atoms. The van der Waals surface area contributed by atoms with Gasteiger partial charge in [0.1, 0.15) is 0 Å². The summed E-state index contributed by atoms with van der Waals surface area (Å²) in [5.74, 6) is -1.37. The summed E-state index contributed by atoms with van der Waals surface area (Å²) < 4.78 is 42.5. The first-order valence-electron chi connectivity index (χ1n) is 7.44. The fraction of sp³-hybridized carbons (Fsp3) is 0.250. The van der Waals surface area contributed by atoms with Gasteiger partial charge in [-0.2, -0.15) is 13.2 Å². The molecule has 1 aromatic carbocycles. The number of thioether (sulfide) groups is 1. The standard InChI is InChI=1S/C16H14F3N3O4S/c1-26-14(25)7-11-6-12(23)22-15(21-11)27-8-13(24)20-10-4-2-3-9(5-10)16(17,18)19/h2-6H,7-8H2,1H3,(H,20,24)(H,21,22,23). The molecule has 0 aliphatic rings. The van der Waals surface area contributed by atoms with E-state index in [4.69, 9.17) is 0 Å². The van der Waals surface area contributed by atoms with Gasteiger partial charge in [-0.05, 0) is 18.2 Å². The molecule has 1 heterocycles. The van der Waals surface area contributed by atoms with Crippen LogP contribution < -0.4 is 10.9 Å². The average molecular weight is 401 g/mol. The molecule has 0 aliphatic carbocycles. The lowest BCUT2D eigenvalue weighted by Crippen LogP contribution is -2.17. The number of hydrogen-bond acceptors (Lipinski definition) is 6. The Hall–Kier alpha value is -2.82. The minimum Gasteiger partial charge on any atom is -0.469 e. The van der Waals surface area contributed by atoms with Gasteiger partial charge in [-0.15, -0.1) is 0 Å². The van der Waals surface area contributed by atoms with Crippen LogP contribution in [0.25, 0.3) is 0 Å². The van der Waals surface area contributed by atoms with E-state index in [-0.39, 0.29) is 28.7 Å². The first-order valence-corrected chi connectivity index (χ1v) is 8.43. The molecule has 0 radical (unpaired) electrons. The Labute approximate surface area is 155 Å². The highest BCUT2D eigenvalue weighted by molar-refractivity contribution is 7.99. The van der Waals surface area contributed by atoms with E-state index in [1.54, 1.807) is 0 Å². The molecule has 0 fully saturated rings. The van der Waals surface area contributed by atoms with Crippen LogP contribution in [0.3, 0.4) is 0 Å². The van der Waals surface area contributed by atoms with Crippen molar-refractivity contribution in [1.82, 2.24) is 9.97 Å². The third-order valence-corrected chi connectivity index (χ3v) is 4.01. The average Bonchev–Trinajstić information content (AvgIpc) is 2.59. The molecule has 1 aromatic heterocycles. The molecule has 144 valence electrons. The fourth-order valence-electron chi connectivity index (χ4n) is 1.97. The van der Waals surface area contributed by atoms with E-state index in [0.29, 0.717) is 0 Å². The van der Waals surface area contributed by atoms with Crippen LogP contribution in [0.5, 0.6) is 0 Å². The van der Waals surface area contributed by atoms with Gasteiger partial charge in [-0.25, -0.2) is 4.98 Å². The zero-order valence-corrected chi connectivity index (χ0v) is 14.7. The first-order chi connectivity index (χ1) is 12.7. The molecule has 0 saturated carbocycles. The second-order valence-electron chi connectivity index (χ2n) is 5.21. The molecule has 0 aliphatic heterocycles. The lowest BCUT2D eigenvalue weighted by molar-refractivity contribution is -0.140. The quantitative estimate of drug-likeness (QED) is 0.437. The largest absolute Gasteiger partial charge is 0.469 e. The highest BCUT2D eigenvalue weighted by atomic mass is 32.2. The maximum atomic E-state index is 12.7. The summed E-state index contributed by atoms with van der Waals surface area (Å²) >= 11 is 0.867. The van der Waals surface area contributed by atoms with Gasteiger partial charge in [0, 0.05) is 11.8 Å². The Balaban J connectivity index is 2.00. The van der Waals surface area contributed by atoms with Gasteiger partial charge < -0.3 is 15.0 Å². The molecule has 0 spiro atoms. The predicted molar refractivity (Wildman–Crippen MR) is 91.4 cm³/mol. The number of hydrogen-bond donors (Lipinski definition) is 2. The number of aromatic nitrogens is 2. The van der Waals surface area contributed by atoms with E-state index in [9.17, 15) is 27.6 Å². The van der Waals surface area contributed by atoms with Crippen molar-refractivity contribution in [2.24, 2.45) is 0 Å². The number of carbonyl (C=O) groups is 2. The second kappa shape index (κ2) is 8.71. The molecule has 0 saturated heterocycles. The van der Waals surface area contributed by atoms with Crippen molar-refractivity contribution >= 4 is 29.3 Å². The molecule has 1 amide bonds. The number of aromatic amines is 1. The van der Waals surface area contributed by atoms with Crippen LogP contribution in [0.15, 0.2) is 40.3 Å². The number of halogens is 3. The van der Waals surface area contributed by atoms with Crippen LogP contribution in [-0.2, 0) is 26.9 Å². The van der Waals surface area contributed by atoms with Gasteiger partial charge in [0.05, 0.1) is 30.5 Å². The van der Waals surface area contributed by atoms with Gasteiger partial charge in [0.2, 0.25) is 5.91 Å².